The average molecular weight is 359 g/mol. The number of aliphatic hydroxyl groups is 1. The van der Waals surface area contributed by atoms with Crippen molar-refractivity contribution < 1.29 is 13.5 Å². The standard InChI is InChI=1S/C16H26N2O3S2/c1-12-4-6-18(7-5-12)14(16-3-2-8-22-16)9-17-13-10-23(20,21)11-15(13)19/h2-3,8,12-15,17,19H,4-7,9-11H2,1H3. The Morgan fingerprint density at radius 1 is 1.39 bits per heavy atom. The quantitative estimate of drug-likeness (QED) is 0.830. The molecule has 7 heteroatoms. The molecule has 23 heavy (non-hydrogen) atoms. The van der Waals surface area contributed by atoms with E-state index in [0.29, 0.717) is 6.54 Å². The van der Waals surface area contributed by atoms with E-state index in [0.717, 1.165) is 19.0 Å². The zero-order valence-electron chi connectivity index (χ0n) is 13.5. The van der Waals surface area contributed by atoms with Crippen molar-refractivity contribution in [3.63, 3.8) is 0 Å². The van der Waals surface area contributed by atoms with Gasteiger partial charge in [-0.2, -0.15) is 0 Å². The first kappa shape index (κ1) is 17.4. The fraction of sp³-hybridized carbons (Fsp3) is 0.750. The lowest BCUT2D eigenvalue weighted by atomic mass is 9.97. The summed E-state index contributed by atoms with van der Waals surface area (Å²) in [6.45, 7) is 5.15. The summed E-state index contributed by atoms with van der Waals surface area (Å²) in [6, 6.07) is 4.13. The van der Waals surface area contributed by atoms with Crippen LogP contribution in [0.2, 0.25) is 0 Å². The molecule has 130 valence electrons. The number of nitrogens with zero attached hydrogens (tertiary/aromatic N) is 1. The van der Waals surface area contributed by atoms with Gasteiger partial charge >= 0.3 is 0 Å². The highest BCUT2D eigenvalue weighted by Gasteiger charge is 2.37. The molecule has 2 aliphatic rings. The van der Waals surface area contributed by atoms with Crippen molar-refractivity contribution in [2.75, 3.05) is 31.1 Å². The van der Waals surface area contributed by atoms with Crippen molar-refractivity contribution in [3.8, 4) is 0 Å². The molecule has 0 bridgehead atoms. The highest BCUT2D eigenvalue weighted by atomic mass is 32.2. The summed E-state index contributed by atoms with van der Waals surface area (Å²) >= 11 is 1.75. The molecule has 0 radical (unpaired) electrons. The van der Waals surface area contributed by atoms with E-state index in [9.17, 15) is 13.5 Å². The molecule has 3 atom stereocenters. The lowest BCUT2D eigenvalue weighted by Crippen LogP contribution is -2.45. The van der Waals surface area contributed by atoms with Crippen molar-refractivity contribution >= 4 is 21.2 Å². The second-order valence-corrected chi connectivity index (χ2v) is 10.0. The molecule has 0 aliphatic carbocycles. The molecule has 3 heterocycles. The molecule has 0 saturated carbocycles. The van der Waals surface area contributed by atoms with Gasteiger partial charge in [-0.3, -0.25) is 4.90 Å². The third-order valence-electron chi connectivity index (χ3n) is 5.03. The van der Waals surface area contributed by atoms with Crippen LogP contribution in [0.15, 0.2) is 17.5 Å². The molecule has 2 N–H and O–H groups in total. The van der Waals surface area contributed by atoms with Gasteiger partial charge in [0.1, 0.15) is 0 Å². The minimum atomic E-state index is -3.10. The van der Waals surface area contributed by atoms with Crippen LogP contribution in [-0.4, -0.2) is 61.7 Å². The van der Waals surface area contributed by atoms with E-state index in [4.69, 9.17) is 0 Å². The topological polar surface area (TPSA) is 69.6 Å². The molecule has 3 unspecified atom stereocenters. The molecule has 2 fully saturated rings. The minimum absolute atomic E-state index is 0.0440. The number of piperidine rings is 1. The summed E-state index contributed by atoms with van der Waals surface area (Å²) in [5.74, 6) is 0.711. The number of sulfone groups is 1. The second kappa shape index (κ2) is 7.19. The van der Waals surface area contributed by atoms with Gasteiger partial charge in [-0.05, 0) is 43.3 Å². The minimum Gasteiger partial charge on any atom is -0.390 e. The van der Waals surface area contributed by atoms with Crippen molar-refractivity contribution in [3.05, 3.63) is 22.4 Å². The maximum atomic E-state index is 11.7. The van der Waals surface area contributed by atoms with Crippen LogP contribution < -0.4 is 5.32 Å². The van der Waals surface area contributed by atoms with E-state index in [-0.39, 0.29) is 23.6 Å². The molecule has 0 aromatic carbocycles. The lowest BCUT2D eigenvalue weighted by molar-refractivity contribution is 0.123. The summed E-state index contributed by atoms with van der Waals surface area (Å²) < 4.78 is 23.3. The molecule has 2 saturated heterocycles. The van der Waals surface area contributed by atoms with Gasteiger partial charge in [0.15, 0.2) is 9.84 Å². The zero-order chi connectivity index (χ0) is 16.4. The summed E-state index contributed by atoms with van der Waals surface area (Å²) in [7, 11) is -3.10. The maximum absolute atomic E-state index is 11.7. The normalized spacial score (nSPS) is 30.5. The Bertz CT molecular complexity index is 595. The van der Waals surface area contributed by atoms with Gasteiger partial charge in [0.25, 0.3) is 0 Å². The van der Waals surface area contributed by atoms with Gasteiger partial charge in [0.05, 0.1) is 23.7 Å². The molecule has 1 aromatic rings. The molecular weight excluding hydrogens is 332 g/mol. The second-order valence-electron chi connectivity index (χ2n) is 6.91. The molecule has 0 amide bonds. The van der Waals surface area contributed by atoms with E-state index >= 15 is 0 Å². The Hall–Kier alpha value is -0.470. The van der Waals surface area contributed by atoms with Gasteiger partial charge in [-0.25, -0.2) is 8.42 Å². The summed E-state index contributed by atoms with van der Waals surface area (Å²) in [5, 5.41) is 15.4. The zero-order valence-corrected chi connectivity index (χ0v) is 15.2. The monoisotopic (exact) mass is 358 g/mol. The van der Waals surface area contributed by atoms with Crippen molar-refractivity contribution in [1.29, 1.82) is 0 Å². The molecular formula is C16H26N2O3S2. The van der Waals surface area contributed by atoms with Crippen LogP contribution >= 0.6 is 11.3 Å². The van der Waals surface area contributed by atoms with Gasteiger partial charge in [0, 0.05) is 17.5 Å². The van der Waals surface area contributed by atoms with Crippen LogP contribution in [0.25, 0.3) is 0 Å². The largest absolute Gasteiger partial charge is 0.390 e. The highest BCUT2D eigenvalue weighted by molar-refractivity contribution is 7.91. The SMILES string of the molecule is CC1CCN(C(CNC2CS(=O)(=O)CC2O)c2cccs2)CC1. The molecule has 2 aliphatic heterocycles. The van der Waals surface area contributed by atoms with Gasteiger partial charge < -0.3 is 10.4 Å². The van der Waals surface area contributed by atoms with Crippen molar-refractivity contribution in [2.45, 2.75) is 38.0 Å². The first-order valence-electron chi connectivity index (χ1n) is 8.34. The Kier molecular flexibility index (Phi) is 5.42. The molecule has 5 nitrogen and oxygen atoms in total. The van der Waals surface area contributed by atoms with E-state index in [2.05, 4.69) is 34.7 Å². The summed E-state index contributed by atoms with van der Waals surface area (Å²) in [5.41, 5.74) is 0. The Labute approximate surface area is 142 Å². The number of hydrogen-bond donors (Lipinski definition) is 2. The number of rotatable bonds is 5. The third-order valence-corrected chi connectivity index (χ3v) is 7.72. The predicted octanol–water partition coefficient (Wildman–Crippen LogP) is 1.27. The number of thiophene rings is 1. The average Bonchev–Trinajstić information content (AvgIpc) is 3.09. The Morgan fingerprint density at radius 3 is 2.70 bits per heavy atom. The van der Waals surface area contributed by atoms with Gasteiger partial charge in [0.2, 0.25) is 0 Å². The number of likely N-dealkylation sites (tertiary alicyclic amines) is 1. The Balaban J connectivity index is 1.65. The summed E-state index contributed by atoms with van der Waals surface area (Å²) in [6.07, 6.45) is 1.63. The van der Waals surface area contributed by atoms with Crippen LogP contribution in [0.1, 0.15) is 30.7 Å². The van der Waals surface area contributed by atoms with Crippen LogP contribution in [0.3, 0.4) is 0 Å². The van der Waals surface area contributed by atoms with Crippen LogP contribution in [-0.2, 0) is 9.84 Å². The van der Waals surface area contributed by atoms with E-state index in [1.807, 2.05) is 0 Å². The van der Waals surface area contributed by atoms with Crippen molar-refractivity contribution in [1.82, 2.24) is 10.2 Å². The highest BCUT2D eigenvalue weighted by Crippen LogP contribution is 2.29. The first-order valence-corrected chi connectivity index (χ1v) is 11.0. The van der Waals surface area contributed by atoms with Crippen molar-refractivity contribution in [2.24, 2.45) is 5.92 Å². The first-order chi connectivity index (χ1) is 10.9. The number of nitrogens with one attached hydrogen (secondary N) is 1. The lowest BCUT2D eigenvalue weighted by Gasteiger charge is -2.37. The predicted molar refractivity (Wildman–Crippen MR) is 93.5 cm³/mol. The van der Waals surface area contributed by atoms with Gasteiger partial charge in [-0.1, -0.05) is 13.0 Å². The number of aliphatic hydroxyl groups excluding tert-OH is 1. The molecule has 1 aromatic heterocycles. The fourth-order valence-corrected chi connectivity index (χ4v) is 6.15. The van der Waals surface area contributed by atoms with Crippen LogP contribution in [0, 0.1) is 5.92 Å². The fourth-order valence-electron chi connectivity index (χ4n) is 3.52. The molecule has 0 spiro atoms. The maximum Gasteiger partial charge on any atom is 0.154 e. The Morgan fingerprint density at radius 2 is 2.13 bits per heavy atom. The molecule has 3 rings (SSSR count). The smallest absolute Gasteiger partial charge is 0.154 e. The van der Waals surface area contributed by atoms with Crippen LogP contribution in [0.4, 0.5) is 0 Å². The van der Waals surface area contributed by atoms with Gasteiger partial charge in [-0.15, -0.1) is 11.3 Å². The summed E-state index contributed by atoms with van der Waals surface area (Å²) in [4.78, 5) is 3.80. The van der Waals surface area contributed by atoms with E-state index in [1.165, 1.54) is 17.7 Å². The van der Waals surface area contributed by atoms with Crippen LogP contribution in [0.5, 0.6) is 0 Å². The van der Waals surface area contributed by atoms with E-state index in [1.54, 1.807) is 11.3 Å². The van der Waals surface area contributed by atoms with E-state index < -0.39 is 15.9 Å². The number of hydrogen-bond acceptors (Lipinski definition) is 6. The third kappa shape index (κ3) is 4.33.